The van der Waals surface area contributed by atoms with Gasteiger partial charge < -0.3 is 4.74 Å². The lowest BCUT2D eigenvalue weighted by atomic mass is 10.0. The van der Waals surface area contributed by atoms with E-state index in [0.717, 1.165) is 11.3 Å². The molecule has 0 saturated heterocycles. The molecule has 0 bridgehead atoms. The summed E-state index contributed by atoms with van der Waals surface area (Å²) < 4.78 is 6.55. The van der Waals surface area contributed by atoms with E-state index in [4.69, 9.17) is 4.74 Å². The van der Waals surface area contributed by atoms with E-state index < -0.39 is 0 Å². The van der Waals surface area contributed by atoms with Gasteiger partial charge in [0.05, 0.1) is 12.8 Å². The molecule has 17 heavy (non-hydrogen) atoms. The second kappa shape index (κ2) is 5.82. The molecule has 5 nitrogen and oxygen atoms in total. The lowest BCUT2D eigenvalue weighted by molar-refractivity contribution is -0.144. The molecule has 0 saturated carbocycles. The number of hydrogen-bond donors (Lipinski definition) is 1. The minimum atomic E-state index is -0.278. The number of aromatic nitrogens is 2. The van der Waals surface area contributed by atoms with E-state index in [2.05, 4.69) is 10.4 Å². The fraction of sp³-hybridized carbons (Fsp3) is 0.667. The van der Waals surface area contributed by atoms with Crippen molar-refractivity contribution in [3.63, 3.8) is 0 Å². The zero-order valence-electron chi connectivity index (χ0n) is 11.2. The van der Waals surface area contributed by atoms with Gasteiger partial charge in [-0.3, -0.25) is 14.8 Å². The van der Waals surface area contributed by atoms with Gasteiger partial charge in [0, 0.05) is 25.4 Å². The van der Waals surface area contributed by atoms with E-state index in [1.807, 2.05) is 34.0 Å². The highest BCUT2D eigenvalue weighted by Gasteiger charge is 2.22. The normalized spacial score (nSPS) is 12.8. The molecule has 0 fully saturated rings. The Morgan fingerprint density at radius 2 is 2.24 bits per heavy atom. The van der Waals surface area contributed by atoms with Crippen LogP contribution in [0.25, 0.3) is 0 Å². The Balaban J connectivity index is 2.64. The highest BCUT2D eigenvalue weighted by atomic mass is 16.5. The maximum absolute atomic E-state index is 11.6. The molecule has 96 valence electrons. The Morgan fingerprint density at radius 1 is 1.59 bits per heavy atom. The van der Waals surface area contributed by atoms with E-state index in [-0.39, 0.29) is 17.9 Å². The van der Waals surface area contributed by atoms with Crippen LogP contribution in [0.1, 0.15) is 25.1 Å². The predicted octanol–water partition coefficient (Wildman–Crippen LogP) is 1.02. The van der Waals surface area contributed by atoms with Gasteiger partial charge in [-0.05, 0) is 12.8 Å². The maximum atomic E-state index is 11.6. The van der Waals surface area contributed by atoms with Crippen molar-refractivity contribution in [1.82, 2.24) is 15.1 Å². The molecule has 0 aliphatic rings. The molecule has 0 aromatic carbocycles. The van der Waals surface area contributed by atoms with Crippen molar-refractivity contribution < 1.29 is 9.53 Å². The Labute approximate surface area is 102 Å². The Morgan fingerprint density at radius 3 is 2.65 bits per heavy atom. The van der Waals surface area contributed by atoms with Gasteiger partial charge in [-0.25, -0.2) is 0 Å². The maximum Gasteiger partial charge on any atom is 0.323 e. The molecule has 1 N–H and O–H groups in total. The first-order valence-corrected chi connectivity index (χ1v) is 5.76. The average Bonchev–Trinajstić information content (AvgIpc) is 2.57. The summed E-state index contributed by atoms with van der Waals surface area (Å²) >= 11 is 0. The van der Waals surface area contributed by atoms with E-state index in [0.29, 0.717) is 6.54 Å². The Bertz CT molecular complexity index is 385. The van der Waals surface area contributed by atoms with Crippen LogP contribution < -0.4 is 5.32 Å². The second-order valence-corrected chi connectivity index (χ2v) is 4.54. The third-order valence-electron chi connectivity index (χ3n) is 2.75. The highest BCUT2D eigenvalue weighted by Crippen LogP contribution is 2.08. The third kappa shape index (κ3) is 3.56. The van der Waals surface area contributed by atoms with Crippen molar-refractivity contribution in [3.8, 4) is 0 Å². The number of esters is 1. The van der Waals surface area contributed by atoms with Crippen LogP contribution in [0.3, 0.4) is 0 Å². The van der Waals surface area contributed by atoms with Crippen LogP contribution in [-0.4, -0.2) is 28.9 Å². The summed E-state index contributed by atoms with van der Waals surface area (Å²) in [4.78, 5) is 11.6. The highest BCUT2D eigenvalue weighted by molar-refractivity contribution is 5.75. The second-order valence-electron chi connectivity index (χ2n) is 4.54. The van der Waals surface area contributed by atoms with Crippen molar-refractivity contribution in [1.29, 1.82) is 0 Å². The molecule has 1 atom stereocenters. The smallest absolute Gasteiger partial charge is 0.323 e. The summed E-state index contributed by atoms with van der Waals surface area (Å²) in [6, 6.07) is -0.278. The predicted molar refractivity (Wildman–Crippen MR) is 65.4 cm³/mol. The number of rotatable bonds is 5. The summed E-state index contributed by atoms with van der Waals surface area (Å²) in [5, 5.41) is 7.47. The number of nitrogens with zero attached hydrogens (tertiary/aromatic N) is 2. The van der Waals surface area contributed by atoms with Crippen LogP contribution in [0.5, 0.6) is 0 Å². The van der Waals surface area contributed by atoms with Crippen LogP contribution in [-0.2, 0) is 23.1 Å². The number of carbonyl (C=O) groups is 1. The largest absolute Gasteiger partial charge is 0.468 e. The Kier molecular flexibility index (Phi) is 4.69. The van der Waals surface area contributed by atoms with Crippen molar-refractivity contribution in [2.24, 2.45) is 13.0 Å². The first-order chi connectivity index (χ1) is 7.95. The van der Waals surface area contributed by atoms with Crippen molar-refractivity contribution in [2.75, 3.05) is 7.11 Å². The standard InChI is InChI=1S/C12H21N3O2/c1-8(2)11(12(16)17-5)13-6-10-7-15(4)14-9(10)3/h7-8,11,13H,6H2,1-5H3/t11-/m0/s1. The first-order valence-electron chi connectivity index (χ1n) is 5.76. The molecular formula is C12H21N3O2. The van der Waals surface area contributed by atoms with Gasteiger partial charge in [0.25, 0.3) is 0 Å². The summed E-state index contributed by atoms with van der Waals surface area (Å²) in [7, 11) is 3.30. The monoisotopic (exact) mass is 239 g/mol. The van der Waals surface area contributed by atoms with Gasteiger partial charge in [-0.1, -0.05) is 13.8 Å². The SMILES string of the molecule is COC(=O)[C@@H](NCc1cn(C)nc1C)C(C)C. The summed E-state index contributed by atoms with van der Waals surface area (Å²) in [6.45, 7) is 6.56. The van der Waals surface area contributed by atoms with Crippen molar-refractivity contribution in [3.05, 3.63) is 17.5 Å². The number of ether oxygens (including phenoxy) is 1. The molecule has 0 spiro atoms. The molecule has 0 radical (unpaired) electrons. The number of aryl methyl sites for hydroxylation is 2. The lowest BCUT2D eigenvalue weighted by Crippen LogP contribution is -2.41. The lowest BCUT2D eigenvalue weighted by Gasteiger charge is -2.19. The molecule has 5 heteroatoms. The van der Waals surface area contributed by atoms with E-state index in [1.165, 1.54) is 7.11 Å². The van der Waals surface area contributed by atoms with Gasteiger partial charge in [0.2, 0.25) is 0 Å². The minimum Gasteiger partial charge on any atom is -0.468 e. The topological polar surface area (TPSA) is 56.1 Å². The molecular weight excluding hydrogens is 218 g/mol. The fourth-order valence-electron chi connectivity index (χ4n) is 1.76. The molecule has 0 aliphatic carbocycles. The zero-order valence-corrected chi connectivity index (χ0v) is 11.2. The van der Waals surface area contributed by atoms with E-state index in [1.54, 1.807) is 4.68 Å². The summed E-state index contributed by atoms with van der Waals surface area (Å²) in [5.74, 6) is -0.0269. The minimum absolute atomic E-state index is 0.194. The van der Waals surface area contributed by atoms with Crippen LogP contribution in [0, 0.1) is 12.8 Å². The molecule has 1 rings (SSSR count). The van der Waals surface area contributed by atoms with Crippen molar-refractivity contribution >= 4 is 5.97 Å². The van der Waals surface area contributed by atoms with Crippen LogP contribution >= 0.6 is 0 Å². The number of hydrogen-bond acceptors (Lipinski definition) is 4. The molecule has 1 heterocycles. The molecule has 0 aliphatic heterocycles. The van der Waals surface area contributed by atoms with E-state index >= 15 is 0 Å². The van der Waals surface area contributed by atoms with Gasteiger partial charge >= 0.3 is 5.97 Å². The molecule has 1 aromatic heterocycles. The number of methoxy groups -OCH3 is 1. The summed E-state index contributed by atoms with van der Waals surface area (Å²) in [6.07, 6.45) is 1.96. The van der Waals surface area contributed by atoms with Crippen LogP contribution in [0.15, 0.2) is 6.20 Å². The van der Waals surface area contributed by atoms with Crippen molar-refractivity contribution in [2.45, 2.75) is 33.4 Å². The van der Waals surface area contributed by atoms with Gasteiger partial charge in [-0.15, -0.1) is 0 Å². The van der Waals surface area contributed by atoms with Gasteiger partial charge in [-0.2, -0.15) is 5.10 Å². The molecule has 0 amide bonds. The number of carbonyl (C=O) groups excluding carboxylic acids is 1. The zero-order chi connectivity index (χ0) is 13.0. The van der Waals surface area contributed by atoms with Gasteiger partial charge in [0.1, 0.15) is 6.04 Å². The van der Waals surface area contributed by atoms with E-state index in [9.17, 15) is 4.79 Å². The quantitative estimate of drug-likeness (QED) is 0.779. The molecule has 1 aromatic rings. The average molecular weight is 239 g/mol. The first kappa shape index (κ1) is 13.7. The van der Waals surface area contributed by atoms with Crippen LogP contribution in [0.2, 0.25) is 0 Å². The van der Waals surface area contributed by atoms with Crippen LogP contribution in [0.4, 0.5) is 0 Å². The summed E-state index contributed by atoms with van der Waals surface area (Å²) in [5.41, 5.74) is 2.08. The fourth-order valence-corrected chi connectivity index (χ4v) is 1.76. The Hall–Kier alpha value is -1.36. The molecule has 0 unspecified atom stereocenters. The third-order valence-corrected chi connectivity index (χ3v) is 2.75. The number of nitrogens with one attached hydrogen (secondary N) is 1. The van der Waals surface area contributed by atoms with Gasteiger partial charge in [0.15, 0.2) is 0 Å².